The van der Waals surface area contributed by atoms with Gasteiger partial charge in [0.25, 0.3) is 0 Å². The van der Waals surface area contributed by atoms with E-state index in [1.807, 2.05) is 6.92 Å². The molecular weight excluding hydrogens is 189 g/mol. The molecular formula is C10H13ClFN. The van der Waals surface area contributed by atoms with E-state index in [9.17, 15) is 4.39 Å². The topological polar surface area (TPSA) is 26.0 Å². The lowest BCUT2D eigenvalue weighted by Gasteiger charge is -2.12. The third kappa shape index (κ3) is 2.20. The Labute approximate surface area is 82.7 Å². The van der Waals surface area contributed by atoms with Crippen molar-refractivity contribution in [2.75, 3.05) is 0 Å². The van der Waals surface area contributed by atoms with E-state index in [2.05, 4.69) is 0 Å². The lowest BCUT2D eigenvalue weighted by Crippen LogP contribution is -2.09. The van der Waals surface area contributed by atoms with E-state index in [-0.39, 0.29) is 11.9 Å². The zero-order valence-corrected chi connectivity index (χ0v) is 8.53. The Morgan fingerprint density at radius 2 is 2.15 bits per heavy atom. The molecule has 1 aromatic carbocycles. The standard InChI is InChI=1S/C10H13ClFN/c1-3-10(13)7-4-6(2)9(12)5-8(7)11/h4-5,10H,3,13H2,1-2H3/t10-/m0/s1. The van der Waals surface area contributed by atoms with Gasteiger partial charge in [0.1, 0.15) is 5.82 Å². The second-order valence-electron chi connectivity index (χ2n) is 3.14. The number of hydrogen-bond acceptors (Lipinski definition) is 1. The second-order valence-corrected chi connectivity index (χ2v) is 3.54. The highest BCUT2D eigenvalue weighted by molar-refractivity contribution is 6.31. The monoisotopic (exact) mass is 201 g/mol. The molecule has 2 N–H and O–H groups in total. The summed E-state index contributed by atoms with van der Waals surface area (Å²) in [6.45, 7) is 3.68. The van der Waals surface area contributed by atoms with Crippen molar-refractivity contribution in [2.24, 2.45) is 5.73 Å². The quantitative estimate of drug-likeness (QED) is 0.782. The van der Waals surface area contributed by atoms with Gasteiger partial charge in [-0.15, -0.1) is 0 Å². The van der Waals surface area contributed by atoms with Crippen LogP contribution in [0.25, 0.3) is 0 Å². The largest absolute Gasteiger partial charge is 0.324 e. The molecule has 1 nitrogen and oxygen atoms in total. The van der Waals surface area contributed by atoms with Gasteiger partial charge in [-0.1, -0.05) is 24.6 Å². The van der Waals surface area contributed by atoms with Crippen molar-refractivity contribution in [1.82, 2.24) is 0 Å². The molecule has 0 aliphatic heterocycles. The molecule has 0 saturated carbocycles. The van der Waals surface area contributed by atoms with E-state index in [1.165, 1.54) is 6.07 Å². The fourth-order valence-corrected chi connectivity index (χ4v) is 1.47. The van der Waals surface area contributed by atoms with Gasteiger partial charge in [-0.2, -0.15) is 0 Å². The van der Waals surface area contributed by atoms with Crippen LogP contribution in [0.15, 0.2) is 12.1 Å². The third-order valence-electron chi connectivity index (χ3n) is 2.12. The molecule has 0 unspecified atom stereocenters. The highest BCUT2D eigenvalue weighted by Gasteiger charge is 2.10. The molecule has 0 saturated heterocycles. The lowest BCUT2D eigenvalue weighted by molar-refractivity contribution is 0.614. The summed E-state index contributed by atoms with van der Waals surface area (Å²) in [6.07, 6.45) is 0.796. The van der Waals surface area contributed by atoms with Gasteiger partial charge in [0.05, 0.1) is 0 Å². The van der Waals surface area contributed by atoms with Gasteiger partial charge < -0.3 is 5.73 Å². The van der Waals surface area contributed by atoms with Gasteiger partial charge in [-0.25, -0.2) is 4.39 Å². The molecule has 0 fully saturated rings. The molecule has 0 aliphatic rings. The maximum absolute atomic E-state index is 13.0. The Kier molecular flexibility index (Phi) is 3.28. The van der Waals surface area contributed by atoms with Crippen LogP contribution in [0.4, 0.5) is 4.39 Å². The van der Waals surface area contributed by atoms with Gasteiger partial charge in [-0.3, -0.25) is 0 Å². The second kappa shape index (κ2) is 4.07. The maximum atomic E-state index is 13.0. The number of benzene rings is 1. The van der Waals surface area contributed by atoms with Crippen LogP contribution in [-0.4, -0.2) is 0 Å². The third-order valence-corrected chi connectivity index (χ3v) is 2.44. The van der Waals surface area contributed by atoms with Crippen LogP contribution in [0.2, 0.25) is 5.02 Å². The average Bonchev–Trinajstić information content (AvgIpc) is 2.10. The predicted molar refractivity (Wildman–Crippen MR) is 53.4 cm³/mol. The SMILES string of the molecule is CC[C@H](N)c1cc(C)c(F)cc1Cl. The van der Waals surface area contributed by atoms with Crippen molar-refractivity contribution in [2.45, 2.75) is 26.3 Å². The van der Waals surface area contributed by atoms with Gasteiger partial charge in [0.2, 0.25) is 0 Å². The van der Waals surface area contributed by atoms with Crippen LogP contribution in [0.1, 0.15) is 30.5 Å². The smallest absolute Gasteiger partial charge is 0.127 e. The Bertz CT molecular complexity index is 312. The van der Waals surface area contributed by atoms with Crippen LogP contribution in [0.3, 0.4) is 0 Å². The van der Waals surface area contributed by atoms with Crippen molar-refractivity contribution in [1.29, 1.82) is 0 Å². The molecule has 72 valence electrons. The number of nitrogens with two attached hydrogens (primary N) is 1. The molecule has 0 heterocycles. The first-order valence-electron chi connectivity index (χ1n) is 4.27. The predicted octanol–water partition coefficient (Wildman–Crippen LogP) is 3.20. The fraction of sp³-hybridized carbons (Fsp3) is 0.400. The minimum atomic E-state index is -0.281. The van der Waals surface area contributed by atoms with E-state index in [1.54, 1.807) is 13.0 Å². The summed E-state index contributed by atoms with van der Waals surface area (Å²) in [5, 5.41) is 0.414. The molecule has 3 heteroatoms. The molecule has 0 spiro atoms. The van der Waals surface area contributed by atoms with E-state index < -0.39 is 0 Å². The molecule has 0 aliphatic carbocycles. The normalized spacial score (nSPS) is 13.0. The van der Waals surface area contributed by atoms with Crippen molar-refractivity contribution in [3.05, 3.63) is 34.1 Å². The summed E-state index contributed by atoms with van der Waals surface area (Å²) in [6, 6.07) is 2.93. The first-order chi connectivity index (χ1) is 6.06. The highest BCUT2D eigenvalue weighted by atomic mass is 35.5. The minimum Gasteiger partial charge on any atom is -0.324 e. The van der Waals surface area contributed by atoms with Crippen LogP contribution in [0, 0.1) is 12.7 Å². The van der Waals surface area contributed by atoms with Gasteiger partial charge in [-0.05, 0) is 30.5 Å². The van der Waals surface area contributed by atoms with Crippen molar-refractivity contribution in [3.8, 4) is 0 Å². The first kappa shape index (κ1) is 10.5. The van der Waals surface area contributed by atoms with E-state index in [0.717, 1.165) is 12.0 Å². The molecule has 13 heavy (non-hydrogen) atoms. The first-order valence-corrected chi connectivity index (χ1v) is 4.65. The highest BCUT2D eigenvalue weighted by Crippen LogP contribution is 2.26. The van der Waals surface area contributed by atoms with E-state index in [4.69, 9.17) is 17.3 Å². The summed E-state index contributed by atoms with van der Waals surface area (Å²) in [7, 11) is 0. The fourth-order valence-electron chi connectivity index (χ4n) is 1.18. The van der Waals surface area contributed by atoms with Gasteiger partial charge >= 0.3 is 0 Å². The number of rotatable bonds is 2. The molecule has 0 radical (unpaired) electrons. The lowest BCUT2D eigenvalue weighted by atomic mass is 10.0. The van der Waals surface area contributed by atoms with Crippen molar-refractivity contribution < 1.29 is 4.39 Å². The maximum Gasteiger partial charge on any atom is 0.127 e. The number of hydrogen-bond donors (Lipinski definition) is 1. The number of aryl methyl sites for hydroxylation is 1. The Morgan fingerprint density at radius 1 is 1.54 bits per heavy atom. The number of halogens is 2. The van der Waals surface area contributed by atoms with E-state index in [0.29, 0.717) is 10.6 Å². The zero-order chi connectivity index (χ0) is 10.0. The summed E-state index contributed by atoms with van der Waals surface area (Å²) in [5.74, 6) is -0.281. The summed E-state index contributed by atoms with van der Waals surface area (Å²) in [5.41, 5.74) is 7.22. The molecule has 0 amide bonds. The van der Waals surface area contributed by atoms with Gasteiger partial charge in [0, 0.05) is 11.1 Å². The van der Waals surface area contributed by atoms with Crippen LogP contribution in [0.5, 0.6) is 0 Å². The summed E-state index contributed by atoms with van der Waals surface area (Å²) >= 11 is 5.86. The molecule has 1 rings (SSSR count). The van der Waals surface area contributed by atoms with Crippen molar-refractivity contribution >= 4 is 11.6 Å². The van der Waals surface area contributed by atoms with Crippen LogP contribution < -0.4 is 5.73 Å². The summed E-state index contributed by atoms with van der Waals surface area (Å²) < 4.78 is 13.0. The van der Waals surface area contributed by atoms with E-state index >= 15 is 0 Å². The Morgan fingerprint density at radius 3 is 2.69 bits per heavy atom. The minimum absolute atomic E-state index is 0.105. The average molecular weight is 202 g/mol. The molecule has 0 aromatic heterocycles. The summed E-state index contributed by atoms with van der Waals surface area (Å²) in [4.78, 5) is 0. The Balaban J connectivity index is 3.15. The zero-order valence-electron chi connectivity index (χ0n) is 7.77. The van der Waals surface area contributed by atoms with Crippen molar-refractivity contribution in [3.63, 3.8) is 0 Å². The Hall–Kier alpha value is -0.600. The van der Waals surface area contributed by atoms with Crippen LogP contribution in [-0.2, 0) is 0 Å². The molecule has 0 bridgehead atoms. The van der Waals surface area contributed by atoms with Crippen LogP contribution >= 0.6 is 11.6 Å². The molecule has 1 aromatic rings. The molecule has 1 atom stereocenters. The van der Waals surface area contributed by atoms with Gasteiger partial charge in [0.15, 0.2) is 0 Å².